The maximum atomic E-state index is 13.3. The van der Waals surface area contributed by atoms with Gasteiger partial charge >= 0.3 is 0 Å². The molecule has 0 bridgehead atoms. The molecule has 184 valence electrons. The van der Waals surface area contributed by atoms with Crippen LogP contribution in [0.2, 0.25) is 0 Å². The number of nitriles is 1. The predicted molar refractivity (Wildman–Crippen MR) is 137 cm³/mol. The van der Waals surface area contributed by atoms with Crippen molar-refractivity contribution in [2.45, 2.75) is 38.2 Å². The fourth-order valence-corrected chi connectivity index (χ4v) is 5.28. The van der Waals surface area contributed by atoms with Crippen LogP contribution in [-0.2, 0) is 17.2 Å². The van der Waals surface area contributed by atoms with Gasteiger partial charge in [0.1, 0.15) is 29.0 Å². The van der Waals surface area contributed by atoms with Crippen molar-refractivity contribution in [2.75, 3.05) is 31.2 Å². The average molecular weight is 485 g/mol. The number of hydrogen-bond donors (Lipinski definition) is 0. The van der Waals surface area contributed by atoms with E-state index in [0.717, 1.165) is 40.8 Å². The maximum Gasteiger partial charge on any atom is 0.270 e. The number of pyridine rings is 1. The molecule has 4 aromatic rings. The summed E-state index contributed by atoms with van der Waals surface area (Å²) in [6, 6.07) is 14.0. The van der Waals surface area contributed by atoms with E-state index >= 15 is 0 Å². The highest BCUT2D eigenvalue weighted by Crippen LogP contribution is 2.40. The van der Waals surface area contributed by atoms with Crippen molar-refractivity contribution >= 4 is 27.7 Å². The number of rotatable bonds is 4. The first-order valence-electron chi connectivity index (χ1n) is 12.3. The molecule has 0 amide bonds. The van der Waals surface area contributed by atoms with Gasteiger partial charge in [0.15, 0.2) is 5.58 Å². The van der Waals surface area contributed by atoms with Gasteiger partial charge in [0, 0.05) is 30.9 Å². The first-order chi connectivity index (χ1) is 17.4. The molecule has 2 saturated heterocycles. The first-order valence-corrected chi connectivity index (χ1v) is 12.3. The Hall–Kier alpha value is -3.83. The fraction of sp³-hybridized carbons (Fsp3) is 0.393. The summed E-state index contributed by atoms with van der Waals surface area (Å²) in [6.07, 6.45) is 1.55. The number of hydrogen-bond acceptors (Lipinski definition) is 7. The summed E-state index contributed by atoms with van der Waals surface area (Å²) in [5.74, 6) is 1.38. The monoisotopic (exact) mass is 484 g/mol. The summed E-state index contributed by atoms with van der Waals surface area (Å²) in [5.41, 5.74) is 3.82. The highest BCUT2D eigenvalue weighted by molar-refractivity contribution is 5.98. The number of benzene rings is 2. The standard InChI is InChI=1S/C28H28N4O4/c1-17-7-8-22-21(13-17)30-27(36-22)28(2)9-11-32(12-10-28)24-19-5-4-6-23(35-18-15-34-16-18)25(19)31(3)26(33)20(24)14-29/h4-8,13,18H,9-12,15-16H2,1-3H3. The van der Waals surface area contributed by atoms with Crippen molar-refractivity contribution in [3.8, 4) is 11.8 Å². The Kier molecular flexibility index (Phi) is 5.27. The predicted octanol–water partition coefficient (Wildman–Crippen LogP) is 4.20. The van der Waals surface area contributed by atoms with Gasteiger partial charge in [0.2, 0.25) is 5.89 Å². The number of fused-ring (bicyclic) bond motifs is 2. The zero-order chi connectivity index (χ0) is 25.0. The third kappa shape index (κ3) is 3.54. The van der Waals surface area contributed by atoms with E-state index in [1.807, 2.05) is 43.3 Å². The quantitative estimate of drug-likeness (QED) is 0.429. The smallest absolute Gasteiger partial charge is 0.270 e. The van der Waals surface area contributed by atoms with E-state index in [2.05, 4.69) is 17.9 Å². The summed E-state index contributed by atoms with van der Waals surface area (Å²) in [5, 5.41) is 10.8. The van der Waals surface area contributed by atoms with Crippen LogP contribution in [0, 0.1) is 18.3 Å². The highest BCUT2D eigenvalue weighted by atomic mass is 16.6. The van der Waals surface area contributed by atoms with Crippen LogP contribution in [0.25, 0.3) is 22.0 Å². The zero-order valence-electron chi connectivity index (χ0n) is 20.7. The summed E-state index contributed by atoms with van der Waals surface area (Å²) >= 11 is 0. The molecule has 0 atom stereocenters. The van der Waals surface area contributed by atoms with Crippen LogP contribution >= 0.6 is 0 Å². The minimum Gasteiger partial charge on any atom is -0.483 e. The molecule has 8 heteroatoms. The molecule has 0 spiro atoms. The number of piperidine rings is 1. The van der Waals surface area contributed by atoms with E-state index in [0.29, 0.717) is 43.3 Å². The average Bonchev–Trinajstić information content (AvgIpc) is 3.28. The molecular formula is C28H28N4O4. The Balaban J connectivity index is 1.37. The van der Waals surface area contributed by atoms with Crippen molar-refractivity contribution in [1.82, 2.24) is 9.55 Å². The van der Waals surface area contributed by atoms with Gasteiger partial charge in [-0.15, -0.1) is 0 Å². The lowest BCUT2D eigenvalue weighted by atomic mass is 9.80. The van der Waals surface area contributed by atoms with Gasteiger partial charge in [-0.05, 0) is 43.5 Å². The molecule has 2 aliphatic rings. The molecule has 36 heavy (non-hydrogen) atoms. The van der Waals surface area contributed by atoms with Gasteiger partial charge in [-0.25, -0.2) is 4.98 Å². The molecule has 6 rings (SSSR count). The Bertz CT molecular complexity index is 1580. The number of para-hydroxylation sites is 1. The largest absolute Gasteiger partial charge is 0.483 e. The number of anilines is 1. The van der Waals surface area contributed by atoms with Gasteiger partial charge in [-0.3, -0.25) is 4.79 Å². The third-order valence-electron chi connectivity index (χ3n) is 7.60. The van der Waals surface area contributed by atoms with Crippen LogP contribution in [0.3, 0.4) is 0 Å². The number of ether oxygens (including phenoxy) is 2. The van der Waals surface area contributed by atoms with Crippen molar-refractivity contribution in [1.29, 1.82) is 5.26 Å². The van der Waals surface area contributed by atoms with Crippen molar-refractivity contribution in [3.63, 3.8) is 0 Å². The second-order valence-corrected chi connectivity index (χ2v) is 10.2. The Morgan fingerprint density at radius 1 is 1.19 bits per heavy atom. The fourth-order valence-electron chi connectivity index (χ4n) is 5.28. The zero-order valence-corrected chi connectivity index (χ0v) is 20.7. The molecule has 2 aromatic heterocycles. The highest BCUT2D eigenvalue weighted by Gasteiger charge is 2.38. The lowest BCUT2D eigenvalue weighted by Crippen LogP contribution is -2.42. The number of nitrogens with zero attached hydrogens (tertiary/aromatic N) is 4. The Morgan fingerprint density at radius 3 is 2.67 bits per heavy atom. The number of aryl methyl sites for hydroxylation is 2. The van der Waals surface area contributed by atoms with Crippen LogP contribution in [0.1, 0.15) is 36.8 Å². The minimum atomic E-state index is -0.316. The van der Waals surface area contributed by atoms with E-state index in [1.165, 1.54) is 4.57 Å². The summed E-state index contributed by atoms with van der Waals surface area (Å²) in [4.78, 5) is 20.3. The van der Waals surface area contributed by atoms with Gasteiger partial charge in [-0.2, -0.15) is 5.26 Å². The van der Waals surface area contributed by atoms with E-state index in [-0.39, 0.29) is 22.6 Å². The van der Waals surface area contributed by atoms with Gasteiger partial charge in [0.05, 0.1) is 24.4 Å². The molecule has 0 N–H and O–H groups in total. The van der Waals surface area contributed by atoms with Crippen LogP contribution in [0.4, 0.5) is 5.69 Å². The molecule has 2 aliphatic heterocycles. The lowest BCUT2D eigenvalue weighted by molar-refractivity contribution is -0.0792. The van der Waals surface area contributed by atoms with E-state index < -0.39 is 0 Å². The van der Waals surface area contributed by atoms with Gasteiger partial charge < -0.3 is 23.4 Å². The van der Waals surface area contributed by atoms with Crippen LogP contribution in [0.15, 0.2) is 45.6 Å². The van der Waals surface area contributed by atoms with Crippen LogP contribution in [0.5, 0.6) is 5.75 Å². The van der Waals surface area contributed by atoms with E-state index in [9.17, 15) is 10.1 Å². The summed E-state index contributed by atoms with van der Waals surface area (Å²) in [7, 11) is 1.70. The second kappa shape index (κ2) is 8.38. The van der Waals surface area contributed by atoms with Crippen LogP contribution < -0.4 is 15.2 Å². The first kappa shape index (κ1) is 22.6. The SMILES string of the molecule is Cc1ccc2oc(C3(C)CCN(c4c(C#N)c(=O)n(C)c5c(OC6COC6)cccc45)CC3)nc2c1. The molecular weight excluding hydrogens is 456 g/mol. The van der Waals surface area contributed by atoms with Crippen LogP contribution in [-0.4, -0.2) is 42.0 Å². The molecule has 8 nitrogen and oxygen atoms in total. The van der Waals surface area contributed by atoms with E-state index in [4.69, 9.17) is 18.9 Å². The Labute approximate surface area is 208 Å². The molecule has 0 radical (unpaired) electrons. The lowest BCUT2D eigenvalue weighted by Gasteiger charge is -2.39. The van der Waals surface area contributed by atoms with Crippen molar-refractivity contribution < 1.29 is 13.9 Å². The minimum absolute atomic E-state index is 0.0272. The molecule has 4 heterocycles. The molecule has 0 unspecified atom stereocenters. The van der Waals surface area contributed by atoms with E-state index in [1.54, 1.807) is 7.05 Å². The molecule has 0 saturated carbocycles. The van der Waals surface area contributed by atoms with Gasteiger partial charge in [-0.1, -0.05) is 25.1 Å². The summed E-state index contributed by atoms with van der Waals surface area (Å²) < 4.78 is 19.1. The molecule has 0 aliphatic carbocycles. The normalized spacial score (nSPS) is 17.8. The second-order valence-electron chi connectivity index (χ2n) is 10.2. The number of aromatic nitrogens is 2. The third-order valence-corrected chi connectivity index (χ3v) is 7.60. The molecule has 2 aromatic carbocycles. The van der Waals surface area contributed by atoms with Gasteiger partial charge in [0.25, 0.3) is 5.56 Å². The van der Waals surface area contributed by atoms with Crippen molar-refractivity contribution in [2.24, 2.45) is 7.05 Å². The maximum absolute atomic E-state index is 13.3. The summed E-state index contributed by atoms with van der Waals surface area (Å²) in [6.45, 7) is 6.65. The van der Waals surface area contributed by atoms with Crippen molar-refractivity contribution in [3.05, 3.63) is 63.8 Å². The Morgan fingerprint density at radius 2 is 1.97 bits per heavy atom. The molecule has 2 fully saturated rings. The topological polar surface area (TPSA) is 93.5 Å². The number of oxazole rings is 1.